The summed E-state index contributed by atoms with van der Waals surface area (Å²) in [7, 11) is 0. The summed E-state index contributed by atoms with van der Waals surface area (Å²) in [6.45, 7) is 5.62. The van der Waals surface area contributed by atoms with Gasteiger partial charge < -0.3 is 15.6 Å². The molecule has 2 aliphatic rings. The number of allylic oxidation sites excluding steroid dienone is 2. The average Bonchev–Trinajstić information content (AvgIpc) is 3.27. The molecule has 0 spiro atoms. The number of hydrogen-bond acceptors (Lipinski definition) is 7. The Morgan fingerprint density at radius 3 is 2.78 bits per heavy atom. The number of pyridine rings is 2. The van der Waals surface area contributed by atoms with Crippen molar-refractivity contribution in [2.45, 2.75) is 33.2 Å². The minimum atomic E-state index is -0.0392. The Bertz CT molecular complexity index is 1920. The molecule has 7 rings (SSSR count). The highest BCUT2D eigenvalue weighted by Gasteiger charge is 2.36. The fourth-order valence-corrected chi connectivity index (χ4v) is 6.15. The van der Waals surface area contributed by atoms with Gasteiger partial charge in [-0.3, -0.25) is 24.7 Å². The number of anilines is 1. The number of Topliss-reactive ketones (excluding diaryl/α,β-unsaturated/α-hetero) is 1. The number of nitrogens with one attached hydrogen (secondary N) is 4. The number of fused-ring (bicyclic) bond motifs is 4. The lowest BCUT2D eigenvalue weighted by Gasteiger charge is -2.08. The first kappa shape index (κ1) is 25.2. The zero-order valence-electron chi connectivity index (χ0n) is 22.7. The molecule has 1 amide bonds. The van der Waals surface area contributed by atoms with Crippen molar-refractivity contribution >= 4 is 45.2 Å². The molecule has 1 saturated heterocycles. The van der Waals surface area contributed by atoms with Crippen LogP contribution in [0.4, 0.5) is 5.69 Å². The minimum absolute atomic E-state index is 0.0392. The molecular formula is C31H27N7O2S. The highest BCUT2D eigenvalue weighted by atomic mass is 32.1. The van der Waals surface area contributed by atoms with Crippen molar-refractivity contribution in [1.29, 1.82) is 0 Å². The molecule has 0 saturated carbocycles. The van der Waals surface area contributed by atoms with Crippen LogP contribution in [0.3, 0.4) is 0 Å². The standard InChI is InChI=1S/C31H27N7O2S/c1-15(2)8-28(40)34-18-9-17(12-32-13-18)23-11-21-25(14-33-23)37-38-29(21)24-10-20-19(27-7-6-26(41-27)16(3)39)4-5-22-31(35-22)30(20)36-24/h4-7,9-15,31,35-36H,8H2,1-3H3,(H,34,40)(H,37,38). The Morgan fingerprint density at radius 1 is 1.10 bits per heavy atom. The van der Waals surface area contributed by atoms with Crippen LogP contribution in [0, 0.1) is 5.92 Å². The third-order valence-corrected chi connectivity index (χ3v) is 8.45. The molecule has 0 radical (unpaired) electrons. The molecule has 0 aromatic carbocycles. The Labute approximate surface area is 239 Å². The van der Waals surface area contributed by atoms with Crippen molar-refractivity contribution in [3.63, 3.8) is 0 Å². The second-order valence-electron chi connectivity index (χ2n) is 10.8. The monoisotopic (exact) mass is 561 g/mol. The van der Waals surface area contributed by atoms with Gasteiger partial charge >= 0.3 is 0 Å². The highest BCUT2D eigenvalue weighted by molar-refractivity contribution is 7.15. The van der Waals surface area contributed by atoms with Gasteiger partial charge in [-0.05, 0) is 49.2 Å². The van der Waals surface area contributed by atoms with Crippen LogP contribution in [0.2, 0.25) is 0 Å². The second-order valence-corrected chi connectivity index (χ2v) is 11.9. The molecule has 6 heterocycles. The van der Waals surface area contributed by atoms with E-state index in [0.29, 0.717) is 12.1 Å². The molecule has 204 valence electrons. The molecule has 4 N–H and O–H groups in total. The Hall–Kier alpha value is -4.83. The molecule has 1 unspecified atom stereocenters. The van der Waals surface area contributed by atoms with E-state index in [1.165, 1.54) is 11.3 Å². The van der Waals surface area contributed by atoms with Crippen molar-refractivity contribution in [3.05, 3.63) is 87.8 Å². The van der Waals surface area contributed by atoms with Gasteiger partial charge in [-0.1, -0.05) is 19.9 Å². The molecule has 5 aromatic rings. The number of H-pyrrole nitrogens is 2. The van der Waals surface area contributed by atoms with E-state index in [1.54, 1.807) is 25.5 Å². The summed E-state index contributed by atoms with van der Waals surface area (Å²) in [4.78, 5) is 38.6. The number of ketones is 1. The van der Waals surface area contributed by atoms with Crippen LogP contribution < -0.4 is 10.6 Å². The number of amides is 1. The van der Waals surface area contributed by atoms with Gasteiger partial charge in [0.2, 0.25) is 5.91 Å². The fourth-order valence-electron chi connectivity index (χ4n) is 5.21. The first-order chi connectivity index (χ1) is 19.8. The maximum atomic E-state index is 12.3. The lowest BCUT2D eigenvalue weighted by molar-refractivity contribution is -0.116. The number of aromatic amines is 2. The number of rotatable bonds is 7. The van der Waals surface area contributed by atoms with Crippen molar-refractivity contribution in [2.24, 2.45) is 5.92 Å². The van der Waals surface area contributed by atoms with Crippen molar-refractivity contribution in [3.8, 4) is 22.6 Å². The van der Waals surface area contributed by atoms with Crippen LogP contribution in [0.5, 0.6) is 0 Å². The van der Waals surface area contributed by atoms with Crippen LogP contribution in [-0.2, 0) is 4.79 Å². The summed E-state index contributed by atoms with van der Waals surface area (Å²) < 4.78 is 0. The third-order valence-electron chi connectivity index (χ3n) is 7.23. The first-order valence-corrected chi connectivity index (χ1v) is 14.3. The summed E-state index contributed by atoms with van der Waals surface area (Å²) in [6, 6.07) is 10.0. The van der Waals surface area contributed by atoms with E-state index in [4.69, 9.17) is 0 Å². The summed E-state index contributed by atoms with van der Waals surface area (Å²) in [5.41, 5.74) is 9.03. The van der Waals surface area contributed by atoms with Gasteiger partial charge in [-0.25, -0.2) is 0 Å². The topological polar surface area (TPSA) is 138 Å². The Balaban J connectivity index is 1.25. The van der Waals surface area contributed by atoms with Gasteiger partial charge in [0.1, 0.15) is 11.7 Å². The molecule has 1 aliphatic carbocycles. The lowest BCUT2D eigenvalue weighted by Crippen LogP contribution is -2.13. The maximum Gasteiger partial charge on any atom is 0.224 e. The molecule has 5 aromatic heterocycles. The van der Waals surface area contributed by atoms with E-state index in [0.717, 1.165) is 65.8 Å². The van der Waals surface area contributed by atoms with E-state index >= 15 is 0 Å². The van der Waals surface area contributed by atoms with Crippen molar-refractivity contribution < 1.29 is 9.59 Å². The Morgan fingerprint density at radius 2 is 1.98 bits per heavy atom. The van der Waals surface area contributed by atoms with E-state index in [1.807, 2.05) is 38.1 Å². The van der Waals surface area contributed by atoms with Crippen LogP contribution in [-0.4, -0.2) is 36.8 Å². The highest BCUT2D eigenvalue weighted by Crippen LogP contribution is 2.45. The molecule has 1 fully saturated rings. The van der Waals surface area contributed by atoms with Gasteiger partial charge in [0.25, 0.3) is 0 Å². The molecule has 0 bridgehead atoms. The Kier molecular flexibility index (Phi) is 5.93. The predicted octanol–water partition coefficient (Wildman–Crippen LogP) is 6.24. The molecule has 41 heavy (non-hydrogen) atoms. The van der Waals surface area contributed by atoms with Gasteiger partial charge in [-0.15, -0.1) is 11.3 Å². The molecule has 9 nitrogen and oxygen atoms in total. The summed E-state index contributed by atoms with van der Waals surface area (Å²) in [6.07, 6.45) is 9.82. The maximum absolute atomic E-state index is 12.3. The van der Waals surface area contributed by atoms with Crippen molar-refractivity contribution in [2.75, 3.05) is 5.32 Å². The van der Waals surface area contributed by atoms with E-state index in [2.05, 4.69) is 54.0 Å². The second kappa shape index (κ2) is 9.67. The van der Waals surface area contributed by atoms with Gasteiger partial charge in [0.05, 0.1) is 45.6 Å². The zero-order chi connectivity index (χ0) is 28.2. The van der Waals surface area contributed by atoms with E-state index in [-0.39, 0.29) is 23.7 Å². The molecule has 1 atom stereocenters. The fraction of sp³-hybridized carbons (Fsp3) is 0.194. The van der Waals surface area contributed by atoms with Gasteiger partial charge in [0.15, 0.2) is 5.78 Å². The predicted molar refractivity (Wildman–Crippen MR) is 160 cm³/mol. The number of carbonyl (C=O) groups is 2. The SMILES string of the molecule is CC(=O)c1ccc(C2=CC=C3NC3c3[nH]c(-c4n[nH]c5cnc(-c6cncc(NC(=O)CC(C)C)c6)cc45)cc32)s1. The number of nitrogens with zero attached hydrogens (tertiary/aromatic N) is 3. The van der Waals surface area contributed by atoms with E-state index in [9.17, 15) is 9.59 Å². The minimum Gasteiger partial charge on any atom is -0.373 e. The average molecular weight is 562 g/mol. The number of thiophene rings is 1. The van der Waals surface area contributed by atoms with Crippen LogP contribution in [0.25, 0.3) is 39.1 Å². The van der Waals surface area contributed by atoms with Crippen LogP contribution in [0.15, 0.2) is 66.8 Å². The smallest absolute Gasteiger partial charge is 0.224 e. The normalized spacial score (nSPS) is 15.5. The lowest BCUT2D eigenvalue weighted by atomic mass is 10.0. The van der Waals surface area contributed by atoms with E-state index < -0.39 is 0 Å². The first-order valence-electron chi connectivity index (χ1n) is 13.5. The number of aromatic nitrogens is 5. The number of carbonyl (C=O) groups excluding carboxylic acids is 2. The largest absolute Gasteiger partial charge is 0.373 e. The molecular weight excluding hydrogens is 534 g/mol. The van der Waals surface area contributed by atoms with Crippen molar-refractivity contribution in [1.82, 2.24) is 30.5 Å². The van der Waals surface area contributed by atoms with Gasteiger partial charge in [0, 0.05) is 45.3 Å². The zero-order valence-corrected chi connectivity index (χ0v) is 23.5. The quantitative estimate of drug-likeness (QED) is 0.137. The molecule has 10 heteroatoms. The van der Waals surface area contributed by atoms with Gasteiger partial charge in [-0.2, -0.15) is 5.10 Å². The van der Waals surface area contributed by atoms with Crippen LogP contribution in [0.1, 0.15) is 59.0 Å². The summed E-state index contributed by atoms with van der Waals surface area (Å²) in [5.74, 6) is 0.299. The van der Waals surface area contributed by atoms with Crippen LogP contribution >= 0.6 is 11.3 Å². The molecule has 1 aliphatic heterocycles. The summed E-state index contributed by atoms with van der Waals surface area (Å²) >= 11 is 1.51. The number of hydrogen-bond donors (Lipinski definition) is 4. The summed E-state index contributed by atoms with van der Waals surface area (Å²) in [5, 5.41) is 15.0. The third kappa shape index (κ3) is 4.66.